The van der Waals surface area contributed by atoms with Gasteiger partial charge in [-0.15, -0.1) is 0 Å². The van der Waals surface area contributed by atoms with Crippen LogP contribution in [0.1, 0.15) is 67.7 Å². The number of hydrogen-bond donors (Lipinski definition) is 1. The number of aliphatic hydroxyl groups excluding tert-OH is 1. The van der Waals surface area contributed by atoms with Crippen molar-refractivity contribution in [2.45, 2.75) is 71.1 Å². The Morgan fingerprint density at radius 1 is 1.13 bits per heavy atom. The summed E-state index contributed by atoms with van der Waals surface area (Å²) in [5.74, 6) is 0. The van der Waals surface area contributed by atoms with Gasteiger partial charge in [0.25, 0.3) is 0 Å². The number of fused-ring (bicyclic) bond motifs is 5. The molecule has 4 nitrogen and oxygen atoms in total. The zero-order valence-corrected chi connectivity index (χ0v) is 18.9. The Hall–Kier alpha value is -2.17. The van der Waals surface area contributed by atoms with Gasteiger partial charge in [-0.2, -0.15) is 0 Å². The maximum atomic E-state index is 11.2. The van der Waals surface area contributed by atoms with E-state index in [1.807, 2.05) is 12.1 Å². The highest BCUT2D eigenvalue weighted by atomic mass is 16.3. The van der Waals surface area contributed by atoms with Crippen LogP contribution in [0.5, 0.6) is 0 Å². The second-order valence-electron chi connectivity index (χ2n) is 10.3. The molecule has 1 aromatic carbocycles. The van der Waals surface area contributed by atoms with Crippen LogP contribution in [0.3, 0.4) is 0 Å². The summed E-state index contributed by atoms with van der Waals surface area (Å²) in [6.45, 7) is 14.4. The van der Waals surface area contributed by atoms with Gasteiger partial charge >= 0.3 is 0 Å². The Morgan fingerprint density at radius 3 is 2.60 bits per heavy atom. The van der Waals surface area contributed by atoms with E-state index in [-0.39, 0.29) is 11.0 Å². The Morgan fingerprint density at radius 2 is 1.87 bits per heavy atom. The monoisotopic (exact) mass is 403 g/mol. The molecule has 2 aliphatic rings. The zero-order valence-electron chi connectivity index (χ0n) is 18.9. The molecule has 1 saturated heterocycles. The third-order valence-electron chi connectivity index (χ3n) is 7.49. The summed E-state index contributed by atoms with van der Waals surface area (Å²) in [5, 5.41) is 12.5. The van der Waals surface area contributed by atoms with Gasteiger partial charge in [0.2, 0.25) is 0 Å². The minimum absolute atomic E-state index is 0.0243. The van der Waals surface area contributed by atoms with E-state index in [1.54, 1.807) is 12.4 Å². The summed E-state index contributed by atoms with van der Waals surface area (Å²) in [5.41, 5.74) is 7.85. The first kappa shape index (κ1) is 19.8. The van der Waals surface area contributed by atoms with E-state index in [0.29, 0.717) is 6.54 Å². The first-order valence-electron chi connectivity index (χ1n) is 11.2. The van der Waals surface area contributed by atoms with Crippen molar-refractivity contribution in [1.82, 2.24) is 14.5 Å². The molecule has 0 amide bonds. The van der Waals surface area contributed by atoms with Crippen LogP contribution in [-0.4, -0.2) is 32.6 Å². The van der Waals surface area contributed by atoms with Gasteiger partial charge in [0, 0.05) is 46.5 Å². The molecule has 158 valence electrons. The van der Waals surface area contributed by atoms with E-state index in [9.17, 15) is 5.11 Å². The Kier molecular flexibility index (Phi) is 4.39. The minimum Gasteiger partial charge on any atom is -0.387 e. The van der Waals surface area contributed by atoms with Gasteiger partial charge in [-0.05, 0) is 69.5 Å². The van der Waals surface area contributed by atoms with Crippen molar-refractivity contribution in [2.24, 2.45) is 0 Å². The second-order valence-corrected chi connectivity index (χ2v) is 10.3. The summed E-state index contributed by atoms with van der Waals surface area (Å²) in [7, 11) is 0. The molecular weight excluding hydrogens is 370 g/mol. The molecule has 0 spiro atoms. The van der Waals surface area contributed by atoms with Gasteiger partial charge in [-0.25, -0.2) is 0 Å². The third-order valence-corrected chi connectivity index (χ3v) is 7.49. The summed E-state index contributed by atoms with van der Waals surface area (Å²) in [6, 6.07) is 8.50. The molecule has 3 aromatic rings. The molecule has 0 aliphatic carbocycles. The lowest BCUT2D eigenvalue weighted by molar-refractivity contribution is 0.0975. The van der Waals surface area contributed by atoms with Crippen molar-refractivity contribution in [3.05, 3.63) is 64.6 Å². The molecule has 0 radical (unpaired) electrons. The number of aliphatic hydroxyl groups is 1. The van der Waals surface area contributed by atoms with Crippen LogP contribution in [0.15, 0.2) is 36.7 Å². The quantitative estimate of drug-likeness (QED) is 0.670. The van der Waals surface area contributed by atoms with Crippen molar-refractivity contribution in [2.75, 3.05) is 13.1 Å². The first-order chi connectivity index (χ1) is 14.2. The SMILES string of the molecule is Cc1cc(C)c2c(c1)c1c(n2CC(O)c2ccncc2)C(C)(C)CN2CCCC12C. The number of hydrogen-bond acceptors (Lipinski definition) is 3. The molecule has 1 fully saturated rings. The van der Waals surface area contributed by atoms with Crippen LogP contribution in [0.25, 0.3) is 10.9 Å². The molecule has 4 heteroatoms. The number of aromatic nitrogens is 2. The van der Waals surface area contributed by atoms with Crippen LogP contribution in [-0.2, 0) is 17.5 Å². The Bertz CT molecular complexity index is 1110. The molecule has 0 bridgehead atoms. The molecule has 2 aliphatic heterocycles. The number of nitrogens with zero attached hydrogens (tertiary/aromatic N) is 3. The van der Waals surface area contributed by atoms with Gasteiger partial charge in [0.05, 0.1) is 18.2 Å². The summed E-state index contributed by atoms with van der Waals surface area (Å²) in [6.07, 6.45) is 5.42. The van der Waals surface area contributed by atoms with Crippen molar-refractivity contribution in [1.29, 1.82) is 0 Å². The van der Waals surface area contributed by atoms with Gasteiger partial charge < -0.3 is 9.67 Å². The van der Waals surface area contributed by atoms with E-state index in [1.165, 1.54) is 52.7 Å². The maximum Gasteiger partial charge on any atom is 0.0970 e. The lowest BCUT2D eigenvalue weighted by atomic mass is 9.74. The predicted octanol–water partition coefficient (Wildman–Crippen LogP) is 4.99. The van der Waals surface area contributed by atoms with E-state index in [0.717, 1.165) is 12.1 Å². The zero-order chi connectivity index (χ0) is 21.3. The van der Waals surface area contributed by atoms with Gasteiger partial charge in [-0.3, -0.25) is 9.88 Å². The molecule has 4 heterocycles. The van der Waals surface area contributed by atoms with E-state index >= 15 is 0 Å². The summed E-state index contributed by atoms with van der Waals surface area (Å²) in [4.78, 5) is 6.82. The van der Waals surface area contributed by atoms with Crippen LogP contribution >= 0.6 is 0 Å². The van der Waals surface area contributed by atoms with Crippen molar-refractivity contribution in [3.63, 3.8) is 0 Å². The van der Waals surface area contributed by atoms with E-state index in [4.69, 9.17) is 0 Å². The van der Waals surface area contributed by atoms with Crippen molar-refractivity contribution in [3.8, 4) is 0 Å². The topological polar surface area (TPSA) is 41.3 Å². The Balaban J connectivity index is 1.79. The highest BCUT2D eigenvalue weighted by molar-refractivity contribution is 5.90. The number of aryl methyl sites for hydroxylation is 2. The smallest absolute Gasteiger partial charge is 0.0970 e. The van der Waals surface area contributed by atoms with Crippen LogP contribution in [0, 0.1) is 13.8 Å². The van der Waals surface area contributed by atoms with Crippen LogP contribution in [0.2, 0.25) is 0 Å². The standard InChI is InChI=1S/C26H33N3O/c1-17-13-18(2)23-20(14-17)22-24(25(3,4)16-28-12-6-9-26(22,28)5)29(23)15-21(30)19-7-10-27-11-8-19/h7-8,10-11,13-14,21,30H,6,9,12,15-16H2,1-5H3. The minimum atomic E-state index is -0.557. The fourth-order valence-electron chi connectivity index (χ4n) is 6.29. The highest BCUT2D eigenvalue weighted by Crippen LogP contribution is 2.53. The molecule has 30 heavy (non-hydrogen) atoms. The fourth-order valence-corrected chi connectivity index (χ4v) is 6.29. The molecule has 2 aromatic heterocycles. The maximum absolute atomic E-state index is 11.2. The second kappa shape index (κ2) is 6.66. The lowest BCUT2D eigenvalue weighted by Gasteiger charge is -2.47. The molecule has 2 unspecified atom stereocenters. The van der Waals surface area contributed by atoms with Crippen molar-refractivity contribution >= 4 is 10.9 Å². The largest absolute Gasteiger partial charge is 0.387 e. The van der Waals surface area contributed by atoms with E-state index in [2.05, 4.69) is 61.2 Å². The average Bonchev–Trinajstić information content (AvgIpc) is 3.22. The molecule has 5 rings (SSSR count). The molecule has 1 N–H and O–H groups in total. The first-order valence-corrected chi connectivity index (χ1v) is 11.2. The molecular formula is C26H33N3O. The molecule has 2 atom stereocenters. The van der Waals surface area contributed by atoms with E-state index < -0.39 is 6.10 Å². The number of pyridine rings is 1. The lowest BCUT2D eigenvalue weighted by Crippen LogP contribution is -2.51. The average molecular weight is 404 g/mol. The number of rotatable bonds is 3. The van der Waals surface area contributed by atoms with Gasteiger partial charge in [0.1, 0.15) is 0 Å². The van der Waals surface area contributed by atoms with Gasteiger partial charge in [-0.1, -0.05) is 25.5 Å². The fraction of sp³-hybridized carbons (Fsp3) is 0.500. The van der Waals surface area contributed by atoms with Crippen molar-refractivity contribution < 1.29 is 5.11 Å². The summed E-state index contributed by atoms with van der Waals surface area (Å²) < 4.78 is 2.45. The van der Waals surface area contributed by atoms with Gasteiger partial charge in [0.15, 0.2) is 0 Å². The van der Waals surface area contributed by atoms with Crippen LogP contribution < -0.4 is 0 Å². The third kappa shape index (κ3) is 2.77. The summed E-state index contributed by atoms with van der Waals surface area (Å²) >= 11 is 0. The van der Waals surface area contributed by atoms with Crippen LogP contribution in [0.4, 0.5) is 0 Å². The number of benzene rings is 1. The normalized spacial score (nSPS) is 24.1. The molecule has 0 saturated carbocycles. The highest BCUT2D eigenvalue weighted by Gasteiger charge is 2.50. The Labute approximate surface area is 179 Å². The predicted molar refractivity (Wildman–Crippen MR) is 122 cm³/mol.